The fourth-order valence-corrected chi connectivity index (χ4v) is 108. The molecule has 0 spiro atoms. The van der Waals surface area contributed by atoms with Crippen LogP contribution in [0.5, 0.6) is 0 Å². The molecule has 0 saturated heterocycles. The number of hydrogen-bond acceptors (Lipinski definition) is 2. The minimum Gasteiger partial charge on any atom is -0.510 e. The summed E-state index contributed by atoms with van der Waals surface area (Å²) >= 11 is 0. The van der Waals surface area contributed by atoms with Crippen LogP contribution in [0.15, 0.2) is 91.0 Å². The molecule has 3 aromatic carbocycles. The van der Waals surface area contributed by atoms with Crippen molar-refractivity contribution in [2.75, 3.05) is 0 Å². The molecule has 0 aliphatic heterocycles. The highest BCUT2D eigenvalue weighted by Crippen LogP contribution is 2.39. The van der Waals surface area contributed by atoms with Crippen molar-refractivity contribution in [2.45, 2.75) is 58.9 Å². The largest absolute Gasteiger partial charge is 0.510 e. The van der Waals surface area contributed by atoms with E-state index in [4.69, 9.17) is 4.43 Å². The molecule has 35 heavy (non-hydrogen) atoms. The van der Waals surface area contributed by atoms with Crippen LogP contribution in [0.25, 0.3) is 0 Å². The summed E-state index contributed by atoms with van der Waals surface area (Å²) in [5.74, 6) is 0. The van der Waals surface area contributed by atoms with Crippen LogP contribution in [0.3, 0.4) is 0 Å². The second kappa shape index (κ2) is 9.93. The summed E-state index contributed by atoms with van der Waals surface area (Å²) in [5.41, 5.74) is 0.207. The van der Waals surface area contributed by atoms with Gasteiger partial charge in [-0.2, -0.15) is 0 Å². The molecule has 0 aromatic heterocycles. The van der Waals surface area contributed by atoms with Crippen molar-refractivity contribution in [3.05, 3.63) is 91.0 Å². The van der Waals surface area contributed by atoms with Gasteiger partial charge in [0.2, 0.25) is 0 Å². The highest BCUT2D eigenvalue weighted by atomic mass is 29.9. The lowest BCUT2D eigenvalue weighted by Crippen LogP contribution is -2.88. The average molecular weight is 551 g/mol. The third-order valence-electron chi connectivity index (χ3n) is 7.47. The molecule has 3 rings (SSSR count). The Morgan fingerprint density at radius 3 is 0.971 bits per heavy atom. The fraction of sp³-hybridized carbons (Fsp3) is 0.321. The minimum atomic E-state index is -3.08. The summed E-state index contributed by atoms with van der Waals surface area (Å²) in [6.45, 7) is 19.6. The van der Waals surface area contributed by atoms with E-state index in [1.165, 1.54) is 0 Å². The highest BCUT2D eigenvalue weighted by Gasteiger charge is 2.69. The predicted molar refractivity (Wildman–Crippen MR) is 166 cm³/mol. The van der Waals surface area contributed by atoms with Crippen LogP contribution in [0.4, 0.5) is 4.79 Å². The van der Waals surface area contributed by atoms with Crippen LogP contribution in [-0.4, -0.2) is 43.3 Å². The molecule has 0 radical (unpaired) electrons. The van der Waals surface area contributed by atoms with Crippen LogP contribution in [0, 0.1) is 0 Å². The molecule has 3 aromatic rings. The maximum atomic E-state index is 15.1. The number of benzene rings is 3. The van der Waals surface area contributed by atoms with E-state index in [9.17, 15) is 0 Å². The monoisotopic (exact) mass is 550 g/mol. The summed E-state index contributed by atoms with van der Waals surface area (Å²) in [4.78, 5) is 15.1. The van der Waals surface area contributed by atoms with Gasteiger partial charge in [-0.25, -0.2) is 0 Å². The Bertz CT molecular complexity index is 997. The quantitative estimate of drug-likeness (QED) is 0.251. The molecular weight excluding hydrogens is 509 g/mol. The van der Waals surface area contributed by atoms with Crippen molar-refractivity contribution in [3.63, 3.8) is 0 Å². The number of hydrogen-bond donors (Lipinski definition) is 0. The Kier molecular flexibility index (Phi) is 7.89. The summed E-state index contributed by atoms with van der Waals surface area (Å²) < 4.78 is 7.31. The summed E-state index contributed by atoms with van der Waals surface area (Å²) in [5, 5.41) is 3.40. The Balaban J connectivity index is 2.41. The van der Waals surface area contributed by atoms with Crippen molar-refractivity contribution in [3.8, 4) is 0 Å². The molecule has 0 N–H and O–H groups in total. The second-order valence-corrected chi connectivity index (χ2v) is 56.1. The molecule has 0 bridgehead atoms. The minimum absolute atomic E-state index is 0.207. The Hall–Kier alpha value is -1.79. The fourth-order valence-electron chi connectivity index (χ4n) is 7.20. The van der Waals surface area contributed by atoms with Gasteiger partial charge in [0.25, 0.3) is 5.59 Å². The Morgan fingerprint density at radius 2 is 0.743 bits per heavy atom. The topological polar surface area (TPSA) is 26.3 Å². The SMILES string of the molecule is C[Si](C)(C)[Si](C(=O)O[Si](c1ccccc1)(c1ccccc1)c1ccccc1)([Si](C)(C)C)[Si](C)(C)C. The van der Waals surface area contributed by atoms with Gasteiger partial charge in [-0.1, -0.05) is 150 Å². The molecule has 186 valence electrons. The lowest BCUT2D eigenvalue weighted by Gasteiger charge is -2.55. The standard InChI is InChI=1S/C28H42O2Si5/c1-31(2,3)35(32(4,5)6,33(7,8)9)28(29)30-34(25-19-13-10-14-20-25,26-21-15-11-16-22-26)27-23-17-12-18-24-27/h10-24H,1-9H3. The molecular formula is C28H42O2Si5. The van der Waals surface area contributed by atoms with Gasteiger partial charge in [0.05, 0.1) is 0 Å². The zero-order valence-corrected chi connectivity index (χ0v) is 28.0. The van der Waals surface area contributed by atoms with Gasteiger partial charge >= 0.3 is 8.32 Å². The molecule has 0 heterocycles. The molecule has 0 saturated carbocycles. The van der Waals surface area contributed by atoms with E-state index in [0.29, 0.717) is 0 Å². The number of carbonyl (C=O) groups is 1. The van der Waals surface area contributed by atoms with Crippen molar-refractivity contribution < 1.29 is 9.22 Å². The third kappa shape index (κ3) is 4.81. The lowest BCUT2D eigenvalue weighted by atomic mass is 10.3. The first-order valence-corrected chi connectivity index (χ1v) is 30.0. The molecule has 2 nitrogen and oxygen atoms in total. The zero-order chi connectivity index (χ0) is 26.1. The van der Waals surface area contributed by atoms with E-state index in [1.54, 1.807) is 0 Å². The normalized spacial score (nSPS) is 13.4. The lowest BCUT2D eigenvalue weighted by molar-refractivity contribution is 0.225. The van der Waals surface area contributed by atoms with Crippen LogP contribution >= 0.6 is 0 Å². The third-order valence-corrected chi connectivity index (χ3v) is 81.7. The molecule has 0 fully saturated rings. The Labute approximate surface area is 217 Å². The maximum Gasteiger partial charge on any atom is 0.349 e. The van der Waals surface area contributed by atoms with Crippen molar-refractivity contribution in [1.29, 1.82) is 0 Å². The molecule has 0 unspecified atom stereocenters. The molecule has 0 atom stereocenters. The smallest absolute Gasteiger partial charge is 0.349 e. The maximum absolute atomic E-state index is 15.1. The van der Waals surface area contributed by atoms with Gasteiger partial charge < -0.3 is 4.43 Å². The predicted octanol–water partition coefficient (Wildman–Crippen LogP) is 6.07. The highest BCUT2D eigenvalue weighted by molar-refractivity contribution is 7.96. The first-order chi connectivity index (χ1) is 16.2. The van der Waals surface area contributed by atoms with E-state index >= 15 is 4.79 Å². The van der Waals surface area contributed by atoms with Crippen LogP contribution in [0.2, 0.25) is 58.9 Å². The van der Waals surface area contributed by atoms with Crippen molar-refractivity contribution >= 4 is 58.9 Å². The van der Waals surface area contributed by atoms with E-state index in [1.807, 2.05) is 18.2 Å². The van der Waals surface area contributed by atoms with E-state index in [0.717, 1.165) is 15.6 Å². The summed E-state index contributed by atoms with van der Waals surface area (Å²) in [6.07, 6.45) is 0. The second-order valence-electron chi connectivity index (χ2n) is 12.7. The van der Waals surface area contributed by atoms with Gasteiger partial charge in [0, 0.05) is 22.8 Å². The Morgan fingerprint density at radius 1 is 0.486 bits per heavy atom. The number of carbonyl (C=O) groups excluding carboxylic acids is 1. The average Bonchev–Trinajstić information content (AvgIpc) is 2.76. The number of rotatable bonds is 8. The van der Waals surface area contributed by atoms with E-state index in [-0.39, 0.29) is 5.59 Å². The van der Waals surface area contributed by atoms with Gasteiger partial charge in [-0.05, 0) is 15.6 Å². The first-order valence-electron chi connectivity index (χ1n) is 12.6. The summed E-state index contributed by atoms with van der Waals surface area (Å²) in [6, 6.07) is 31.6. The van der Waals surface area contributed by atoms with Gasteiger partial charge in [-0.3, -0.25) is 4.79 Å². The van der Waals surface area contributed by atoms with Gasteiger partial charge in [-0.15, -0.1) is 0 Å². The molecule has 7 heteroatoms. The van der Waals surface area contributed by atoms with Crippen LogP contribution < -0.4 is 15.6 Å². The van der Waals surface area contributed by atoms with E-state index < -0.39 is 37.7 Å². The van der Waals surface area contributed by atoms with E-state index in [2.05, 4.69) is 132 Å². The zero-order valence-electron chi connectivity index (χ0n) is 23.0. The molecule has 0 amide bonds. The molecule has 0 aliphatic carbocycles. The van der Waals surface area contributed by atoms with Crippen molar-refractivity contribution in [1.82, 2.24) is 0 Å². The molecule has 0 aliphatic rings. The summed E-state index contributed by atoms with van der Waals surface area (Å²) in [7, 11) is -8.67. The van der Waals surface area contributed by atoms with Crippen molar-refractivity contribution in [2.24, 2.45) is 0 Å². The van der Waals surface area contributed by atoms with Gasteiger partial charge in [0.1, 0.15) is 0 Å². The first kappa shape index (κ1) is 27.8. The van der Waals surface area contributed by atoms with Crippen LogP contribution in [0.1, 0.15) is 0 Å². The van der Waals surface area contributed by atoms with Gasteiger partial charge in [0.15, 0.2) is 6.63 Å². The van der Waals surface area contributed by atoms with Crippen LogP contribution in [-0.2, 0) is 4.43 Å².